The summed E-state index contributed by atoms with van der Waals surface area (Å²) < 4.78 is 44.8. The summed E-state index contributed by atoms with van der Waals surface area (Å²) in [7, 11) is 0.937. The zero-order chi connectivity index (χ0) is 18.1. The molecule has 0 unspecified atom stereocenters. The molecule has 0 spiro atoms. The van der Waals surface area contributed by atoms with Crippen molar-refractivity contribution in [2.45, 2.75) is 6.18 Å². The van der Waals surface area contributed by atoms with Gasteiger partial charge in [0.2, 0.25) is 0 Å². The molecule has 0 N–H and O–H groups in total. The molecule has 0 atom stereocenters. The second-order valence-electron chi connectivity index (χ2n) is 4.76. The number of nitrogens with zero attached hydrogens (tertiary/aromatic N) is 2. The Hall–Kier alpha value is -2.48. The van der Waals surface area contributed by atoms with Gasteiger partial charge in [0.1, 0.15) is 18.1 Å². The van der Waals surface area contributed by atoms with Crippen LogP contribution in [0.3, 0.4) is 0 Å². The van der Waals surface area contributed by atoms with E-state index in [1.807, 2.05) is 0 Å². The van der Waals surface area contributed by atoms with Gasteiger partial charge in [0.15, 0.2) is 0 Å². The molecule has 128 valence electrons. The summed E-state index contributed by atoms with van der Waals surface area (Å²) >= 11 is 5.94. The van der Waals surface area contributed by atoms with Crippen molar-refractivity contribution in [2.24, 2.45) is 7.05 Å². The summed E-state index contributed by atoms with van der Waals surface area (Å²) in [5, 5.41) is 0.220. The first kappa shape index (κ1) is 17.9. The predicted octanol–water partition coefficient (Wildman–Crippen LogP) is 2.77. The van der Waals surface area contributed by atoms with E-state index in [9.17, 15) is 22.8 Å². The lowest BCUT2D eigenvalue weighted by Gasteiger charge is -2.14. The van der Waals surface area contributed by atoms with Gasteiger partial charge in [-0.05, 0) is 12.1 Å². The molecule has 0 fully saturated rings. The Morgan fingerprint density at radius 1 is 1.29 bits per heavy atom. The zero-order valence-electron chi connectivity index (χ0n) is 12.4. The fourth-order valence-electron chi connectivity index (χ4n) is 2.03. The van der Waals surface area contributed by atoms with Crippen molar-refractivity contribution in [3.8, 4) is 11.4 Å². The number of aromatic nitrogens is 2. The molecule has 5 nitrogen and oxygen atoms in total. The highest BCUT2D eigenvalue weighted by Gasteiger charge is 2.35. The Balaban J connectivity index is 2.66. The monoisotopic (exact) mass is 360 g/mol. The van der Waals surface area contributed by atoms with Gasteiger partial charge in [0.05, 0.1) is 10.7 Å². The van der Waals surface area contributed by atoms with E-state index >= 15 is 0 Å². The molecule has 0 saturated heterocycles. The molecule has 0 aliphatic rings. The van der Waals surface area contributed by atoms with Crippen LogP contribution in [-0.2, 0) is 13.2 Å². The van der Waals surface area contributed by atoms with Gasteiger partial charge in [-0.3, -0.25) is 9.36 Å². The zero-order valence-corrected chi connectivity index (χ0v) is 13.2. The van der Waals surface area contributed by atoms with Gasteiger partial charge in [-0.2, -0.15) is 13.2 Å². The number of hydrogen-bond acceptors (Lipinski definition) is 3. The van der Waals surface area contributed by atoms with Gasteiger partial charge >= 0.3 is 11.9 Å². The maximum absolute atomic E-state index is 12.8. The quantitative estimate of drug-likeness (QED) is 0.788. The van der Waals surface area contributed by atoms with E-state index in [0.717, 1.165) is 7.05 Å². The molecule has 0 aliphatic carbocycles. The summed E-state index contributed by atoms with van der Waals surface area (Å²) in [4.78, 5) is 24.2. The Morgan fingerprint density at radius 2 is 1.96 bits per heavy atom. The van der Waals surface area contributed by atoms with Crippen LogP contribution in [0.4, 0.5) is 13.2 Å². The number of halogens is 4. The number of rotatable bonds is 4. The molecular weight excluding hydrogens is 349 g/mol. The van der Waals surface area contributed by atoms with E-state index in [0.29, 0.717) is 15.2 Å². The average Bonchev–Trinajstić information content (AvgIpc) is 2.50. The maximum atomic E-state index is 12.8. The van der Waals surface area contributed by atoms with Crippen molar-refractivity contribution in [3.63, 3.8) is 0 Å². The predicted molar refractivity (Wildman–Crippen MR) is 83.0 cm³/mol. The van der Waals surface area contributed by atoms with Crippen LogP contribution in [0.15, 0.2) is 46.5 Å². The maximum Gasteiger partial charge on any atom is 0.431 e. The van der Waals surface area contributed by atoms with Crippen molar-refractivity contribution < 1.29 is 17.9 Å². The Bertz CT molecular complexity index is 900. The Kier molecular flexibility index (Phi) is 4.88. The van der Waals surface area contributed by atoms with Crippen molar-refractivity contribution in [3.05, 3.63) is 68.5 Å². The van der Waals surface area contributed by atoms with Gasteiger partial charge in [-0.1, -0.05) is 24.3 Å². The fraction of sp³-hybridized carbons (Fsp3) is 0.200. The third kappa shape index (κ3) is 3.38. The summed E-state index contributed by atoms with van der Waals surface area (Å²) in [6, 6.07) is 4.36. The van der Waals surface area contributed by atoms with Crippen molar-refractivity contribution >= 4 is 11.6 Å². The molecule has 1 aromatic heterocycles. The summed E-state index contributed by atoms with van der Waals surface area (Å²) in [5.41, 5.74) is -3.53. The lowest BCUT2D eigenvalue weighted by molar-refractivity contribution is -0.144. The van der Waals surface area contributed by atoms with E-state index in [4.69, 9.17) is 16.3 Å². The van der Waals surface area contributed by atoms with E-state index in [-0.39, 0.29) is 23.1 Å². The molecular formula is C15H12ClF3N2O3. The highest BCUT2D eigenvalue weighted by atomic mass is 35.5. The molecule has 0 saturated carbocycles. The fourth-order valence-corrected chi connectivity index (χ4v) is 2.20. The van der Waals surface area contributed by atoms with Crippen LogP contribution in [0.25, 0.3) is 5.69 Å². The average molecular weight is 361 g/mol. The molecule has 24 heavy (non-hydrogen) atoms. The van der Waals surface area contributed by atoms with Crippen LogP contribution in [0.2, 0.25) is 5.02 Å². The van der Waals surface area contributed by atoms with E-state index < -0.39 is 23.1 Å². The van der Waals surface area contributed by atoms with E-state index in [2.05, 4.69) is 6.58 Å². The molecule has 0 bridgehead atoms. The van der Waals surface area contributed by atoms with Crippen LogP contribution in [-0.4, -0.2) is 15.7 Å². The molecule has 0 aliphatic heterocycles. The third-order valence-electron chi connectivity index (χ3n) is 3.14. The van der Waals surface area contributed by atoms with Gasteiger partial charge in [0.25, 0.3) is 5.56 Å². The summed E-state index contributed by atoms with van der Waals surface area (Å²) in [5.74, 6) is 0.169. The molecule has 2 aromatic rings. The van der Waals surface area contributed by atoms with Crippen LogP contribution < -0.4 is 16.0 Å². The highest BCUT2D eigenvalue weighted by Crippen LogP contribution is 2.28. The second kappa shape index (κ2) is 6.56. The topological polar surface area (TPSA) is 53.2 Å². The third-order valence-corrected chi connectivity index (χ3v) is 3.45. The first-order valence-electron chi connectivity index (χ1n) is 6.60. The molecule has 0 radical (unpaired) electrons. The summed E-state index contributed by atoms with van der Waals surface area (Å²) in [6.45, 7) is 3.60. The number of ether oxygens (including phenoxy) is 1. The number of hydrogen-bond donors (Lipinski definition) is 0. The second-order valence-corrected chi connectivity index (χ2v) is 5.16. The number of benzene rings is 1. The SMILES string of the molecule is C=CCOc1cc(-n2c(=O)cc(C(F)(F)F)n(C)c2=O)ccc1Cl. The first-order chi connectivity index (χ1) is 11.2. The molecule has 2 rings (SSSR count). The van der Waals surface area contributed by atoms with Crippen LogP contribution in [0.5, 0.6) is 5.75 Å². The first-order valence-corrected chi connectivity index (χ1v) is 6.98. The van der Waals surface area contributed by atoms with Gasteiger partial charge in [-0.15, -0.1) is 0 Å². The van der Waals surface area contributed by atoms with Crippen molar-refractivity contribution in [1.29, 1.82) is 0 Å². The van der Waals surface area contributed by atoms with Gasteiger partial charge in [0, 0.05) is 19.2 Å². The van der Waals surface area contributed by atoms with Gasteiger partial charge < -0.3 is 4.74 Å². The van der Waals surface area contributed by atoms with Crippen molar-refractivity contribution in [1.82, 2.24) is 9.13 Å². The molecule has 1 heterocycles. The molecule has 1 aromatic carbocycles. The van der Waals surface area contributed by atoms with Crippen LogP contribution >= 0.6 is 11.6 Å². The highest BCUT2D eigenvalue weighted by molar-refractivity contribution is 6.32. The standard InChI is InChI=1S/C15H12ClF3N2O3/c1-3-6-24-11-7-9(4-5-10(11)16)21-13(22)8-12(15(17,18)19)20(2)14(21)23/h3-5,7-8H,1,6H2,2H3. The number of alkyl halides is 3. The smallest absolute Gasteiger partial charge is 0.431 e. The Labute approximate surface area is 139 Å². The summed E-state index contributed by atoms with van der Waals surface area (Å²) in [6.07, 6.45) is -3.35. The minimum absolute atomic E-state index is 0.0396. The lowest BCUT2D eigenvalue weighted by Crippen LogP contribution is -2.40. The normalized spacial score (nSPS) is 11.4. The van der Waals surface area contributed by atoms with Crippen LogP contribution in [0, 0.1) is 0 Å². The van der Waals surface area contributed by atoms with E-state index in [1.54, 1.807) is 0 Å². The molecule has 9 heteroatoms. The van der Waals surface area contributed by atoms with Crippen molar-refractivity contribution in [2.75, 3.05) is 6.61 Å². The van der Waals surface area contributed by atoms with E-state index in [1.165, 1.54) is 24.3 Å². The molecule has 0 amide bonds. The largest absolute Gasteiger partial charge is 0.488 e. The minimum Gasteiger partial charge on any atom is -0.488 e. The Morgan fingerprint density at radius 3 is 2.54 bits per heavy atom. The lowest BCUT2D eigenvalue weighted by atomic mass is 10.3. The van der Waals surface area contributed by atoms with Crippen LogP contribution in [0.1, 0.15) is 5.69 Å². The van der Waals surface area contributed by atoms with Gasteiger partial charge in [-0.25, -0.2) is 9.36 Å². The minimum atomic E-state index is -4.82.